The van der Waals surface area contributed by atoms with Gasteiger partial charge < -0.3 is 19.1 Å². The zero-order valence-corrected chi connectivity index (χ0v) is 30.3. The number of amides is 1. The van der Waals surface area contributed by atoms with Gasteiger partial charge in [-0.15, -0.1) is 0 Å². The Morgan fingerprint density at radius 3 is 2.61 bits per heavy atom. The quantitative estimate of drug-likeness (QED) is 0.147. The minimum absolute atomic E-state index is 0.0234. The molecule has 1 amide bonds. The van der Waals surface area contributed by atoms with Crippen molar-refractivity contribution in [3.8, 4) is 17.2 Å². The first-order valence-corrected chi connectivity index (χ1v) is 18.3. The second-order valence-corrected chi connectivity index (χ2v) is 14.9. The van der Waals surface area contributed by atoms with Crippen LogP contribution in [0.2, 0.25) is 5.02 Å². The molecule has 0 radical (unpaired) electrons. The van der Waals surface area contributed by atoms with Gasteiger partial charge >= 0.3 is 6.41 Å². The lowest BCUT2D eigenvalue weighted by Gasteiger charge is -2.37. The molecule has 8 nitrogen and oxygen atoms in total. The van der Waals surface area contributed by atoms with Gasteiger partial charge in [0.15, 0.2) is 17.2 Å². The van der Waals surface area contributed by atoms with Gasteiger partial charge in [-0.3, -0.25) is 9.89 Å². The minimum Gasteiger partial charge on any atom is -0.496 e. The number of carbonyl (C=O) groups excluding carboxylic acids is 1. The number of amidine groups is 1. The van der Waals surface area contributed by atoms with E-state index in [0.29, 0.717) is 54.2 Å². The van der Waals surface area contributed by atoms with E-state index in [0.717, 1.165) is 65.6 Å². The number of hydrogen-bond acceptors (Lipinski definition) is 8. The van der Waals surface area contributed by atoms with E-state index in [1.54, 1.807) is 14.2 Å². The number of aliphatic imine (C=N–C) groups is 1. The van der Waals surface area contributed by atoms with Crippen molar-refractivity contribution in [1.29, 1.82) is 0 Å². The summed E-state index contributed by atoms with van der Waals surface area (Å²) >= 11 is 12.9. The average molecular weight is 733 g/mol. The van der Waals surface area contributed by atoms with Gasteiger partial charge in [0.2, 0.25) is 0 Å². The smallest absolute Gasteiger partial charge is 0.306 e. The van der Waals surface area contributed by atoms with Crippen molar-refractivity contribution in [2.24, 2.45) is 10.9 Å². The largest absolute Gasteiger partial charge is 0.496 e. The second kappa shape index (κ2) is 16.1. The third-order valence-electron chi connectivity index (χ3n) is 8.96. The fraction of sp³-hybridized carbons (Fsp3) is 0.486. The van der Waals surface area contributed by atoms with Gasteiger partial charge in [-0.2, -0.15) is 11.8 Å². The number of fused-ring (bicyclic) bond motifs is 1. The Hall–Kier alpha value is -2.50. The minimum atomic E-state index is -0.206. The van der Waals surface area contributed by atoms with Crippen LogP contribution in [0.3, 0.4) is 0 Å². The van der Waals surface area contributed by atoms with Crippen molar-refractivity contribution < 1.29 is 19.0 Å². The third-order valence-corrected chi connectivity index (χ3v) is 10.8. The summed E-state index contributed by atoms with van der Waals surface area (Å²) in [6.45, 7) is 8.77. The van der Waals surface area contributed by atoms with Crippen molar-refractivity contribution >= 4 is 57.2 Å². The van der Waals surface area contributed by atoms with E-state index < -0.39 is 0 Å². The SMILES string of the molecule is COc1ccc(Br)cc1CC1C(C[N+](C=O)(CCC(C)C)c2ccc(OC)c(OCCN3CCSCC3)c2Cl)N=C2C=CC=CN21. The maximum Gasteiger partial charge on any atom is 0.306 e. The molecule has 1 fully saturated rings. The van der Waals surface area contributed by atoms with Gasteiger partial charge in [0, 0.05) is 47.9 Å². The van der Waals surface area contributed by atoms with Gasteiger partial charge in [0.1, 0.15) is 35.8 Å². The molecule has 0 N–H and O–H groups in total. The number of quaternary nitrogens is 1. The van der Waals surface area contributed by atoms with E-state index in [1.165, 1.54) is 0 Å². The van der Waals surface area contributed by atoms with Crippen LogP contribution in [0.15, 0.2) is 64.2 Å². The normalized spacial score (nSPS) is 20.8. The summed E-state index contributed by atoms with van der Waals surface area (Å²) in [6, 6.07) is 9.62. The van der Waals surface area contributed by atoms with E-state index in [-0.39, 0.29) is 16.6 Å². The number of hydrogen-bond donors (Lipinski definition) is 0. The van der Waals surface area contributed by atoms with Crippen LogP contribution in [0.4, 0.5) is 5.69 Å². The number of halogens is 2. The molecule has 0 saturated carbocycles. The summed E-state index contributed by atoms with van der Waals surface area (Å²) in [7, 11) is 3.31. The third kappa shape index (κ3) is 7.96. The highest BCUT2D eigenvalue weighted by atomic mass is 79.9. The Morgan fingerprint density at radius 1 is 1.13 bits per heavy atom. The van der Waals surface area contributed by atoms with Crippen LogP contribution in [0, 0.1) is 5.92 Å². The summed E-state index contributed by atoms with van der Waals surface area (Å²) in [5.74, 6) is 5.42. The standard InChI is InChI=1S/C35H45BrClN4O4S/c1-25(2)12-17-41(24-42,30-9-11-32(44-4)35(34(30)37)45-18-14-39-15-19-46-20-16-39)23-28-29(40-13-6-5-7-33(40)38-28)22-26-21-27(36)8-10-31(26)43-3/h5-11,13,21,24-25,28-29H,12,14-20,22-23H2,1-4H3/q+1. The first-order valence-electron chi connectivity index (χ1n) is 15.9. The molecule has 248 valence electrons. The fourth-order valence-electron chi connectivity index (χ4n) is 6.36. The number of carbonyl (C=O) groups is 1. The van der Waals surface area contributed by atoms with E-state index in [2.05, 4.69) is 51.8 Å². The van der Waals surface area contributed by atoms with Gasteiger partial charge in [-0.25, -0.2) is 9.28 Å². The van der Waals surface area contributed by atoms with Crippen molar-refractivity contribution in [3.05, 3.63) is 69.8 Å². The molecule has 3 heterocycles. The summed E-state index contributed by atoms with van der Waals surface area (Å²) in [5.41, 5.74) is 1.78. The molecular weight excluding hydrogens is 688 g/mol. The van der Waals surface area contributed by atoms with Gasteiger partial charge in [0.25, 0.3) is 0 Å². The Balaban J connectivity index is 1.50. The number of methoxy groups -OCH3 is 2. The van der Waals surface area contributed by atoms with Crippen molar-refractivity contribution in [3.63, 3.8) is 0 Å². The predicted octanol–water partition coefficient (Wildman–Crippen LogP) is 6.83. The molecule has 2 aromatic carbocycles. The molecule has 3 atom stereocenters. The summed E-state index contributed by atoms with van der Waals surface area (Å²) in [6.07, 6.45) is 10.7. The Bertz CT molecular complexity index is 1460. The van der Waals surface area contributed by atoms with Gasteiger partial charge in [-0.1, -0.05) is 47.5 Å². The molecule has 3 unspecified atom stereocenters. The fourth-order valence-corrected chi connectivity index (χ4v) is 8.13. The monoisotopic (exact) mass is 731 g/mol. The zero-order valence-electron chi connectivity index (χ0n) is 27.2. The Morgan fingerprint density at radius 2 is 1.89 bits per heavy atom. The molecule has 0 aliphatic carbocycles. The molecule has 3 aliphatic rings. The van der Waals surface area contributed by atoms with E-state index in [9.17, 15) is 4.79 Å². The van der Waals surface area contributed by atoms with Crippen LogP contribution in [0.25, 0.3) is 0 Å². The molecule has 11 heteroatoms. The maximum absolute atomic E-state index is 13.5. The van der Waals surface area contributed by atoms with Crippen LogP contribution in [-0.2, 0) is 11.2 Å². The lowest BCUT2D eigenvalue weighted by atomic mass is 9.96. The molecule has 0 bridgehead atoms. The van der Waals surface area contributed by atoms with E-state index in [4.69, 9.17) is 30.8 Å². The van der Waals surface area contributed by atoms with Gasteiger partial charge in [0.05, 0.1) is 26.8 Å². The predicted molar refractivity (Wildman–Crippen MR) is 194 cm³/mol. The molecule has 0 spiro atoms. The van der Waals surface area contributed by atoms with Crippen LogP contribution >= 0.6 is 39.3 Å². The Labute approximate surface area is 291 Å². The van der Waals surface area contributed by atoms with Crippen molar-refractivity contribution in [2.75, 3.05) is 65.1 Å². The van der Waals surface area contributed by atoms with Gasteiger partial charge in [-0.05, 0) is 60.7 Å². The summed E-state index contributed by atoms with van der Waals surface area (Å²) in [5, 5.41) is 0.415. The van der Waals surface area contributed by atoms with Crippen LogP contribution < -0.4 is 18.7 Å². The summed E-state index contributed by atoms with van der Waals surface area (Å²) < 4.78 is 18.8. The highest BCUT2D eigenvalue weighted by Crippen LogP contribution is 2.45. The lowest BCUT2D eigenvalue weighted by Crippen LogP contribution is -2.56. The number of benzene rings is 2. The molecule has 5 rings (SSSR count). The van der Waals surface area contributed by atoms with E-state index >= 15 is 0 Å². The summed E-state index contributed by atoms with van der Waals surface area (Å²) in [4.78, 5) is 23.3. The lowest BCUT2D eigenvalue weighted by molar-refractivity contribution is -0.118. The number of rotatable bonds is 15. The molecule has 46 heavy (non-hydrogen) atoms. The molecule has 1 saturated heterocycles. The average Bonchev–Trinajstić information content (AvgIpc) is 3.40. The Kier molecular flexibility index (Phi) is 12.2. The first-order chi connectivity index (χ1) is 22.3. The van der Waals surface area contributed by atoms with Crippen LogP contribution in [0.1, 0.15) is 25.8 Å². The number of nitrogens with zero attached hydrogens (tertiary/aromatic N) is 4. The van der Waals surface area contributed by atoms with Crippen LogP contribution in [0.5, 0.6) is 17.2 Å². The second-order valence-electron chi connectivity index (χ2n) is 12.4. The number of allylic oxidation sites excluding steroid dienone is 2. The van der Waals surface area contributed by atoms with Crippen molar-refractivity contribution in [2.45, 2.75) is 38.8 Å². The number of thioether (sulfide) groups is 1. The van der Waals surface area contributed by atoms with Crippen LogP contribution in [-0.4, -0.2) is 99.2 Å². The molecular formula is C35H45BrClN4O4S+. The highest BCUT2D eigenvalue weighted by Gasteiger charge is 2.44. The highest BCUT2D eigenvalue weighted by molar-refractivity contribution is 9.10. The topological polar surface area (TPSA) is 63.6 Å². The number of ether oxygens (including phenoxy) is 3. The molecule has 0 aromatic heterocycles. The zero-order chi connectivity index (χ0) is 32.7. The van der Waals surface area contributed by atoms with Crippen molar-refractivity contribution in [1.82, 2.24) is 14.3 Å². The molecule has 3 aliphatic heterocycles. The maximum atomic E-state index is 13.5. The molecule has 2 aromatic rings. The first kappa shape index (κ1) is 34.8. The van der Waals surface area contributed by atoms with E-state index in [1.807, 2.05) is 54.3 Å².